The maximum atomic E-state index is 12.8. The van der Waals surface area contributed by atoms with Crippen molar-refractivity contribution in [2.75, 3.05) is 26.2 Å². The zero-order chi connectivity index (χ0) is 24.5. The molecule has 1 aromatic heterocycles. The number of benzene rings is 2. The fourth-order valence-corrected chi connectivity index (χ4v) is 5.50. The molecule has 2 N–H and O–H groups in total. The summed E-state index contributed by atoms with van der Waals surface area (Å²) in [5, 5.41) is 21.6. The van der Waals surface area contributed by atoms with Crippen molar-refractivity contribution in [2.45, 2.75) is 24.9 Å². The summed E-state index contributed by atoms with van der Waals surface area (Å²) < 4.78 is 1.16. The standard InChI is InChI=1S/C27H26ClN3O4/c28-21-10-11-22-20(15-21)9-8-19-7-4-12-31(35)25(19)26(22)30-14-13-29(23(16-30)27(33)34)17-24(32)18-5-2-1-3-6-18/h1-7,10-12,15,23,26H,8-9,13-14,16-17H2,(H-,33,34,35)/p+1/t23-,26?/m1/s1. The summed E-state index contributed by atoms with van der Waals surface area (Å²) in [5.74, 6) is -1.07. The molecule has 35 heavy (non-hydrogen) atoms. The molecule has 5 rings (SSSR count). The Balaban J connectivity index is 1.48. The quantitative estimate of drug-likeness (QED) is 0.323. The zero-order valence-corrected chi connectivity index (χ0v) is 19.9. The van der Waals surface area contributed by atoms with Crippen LogP contribution in [0.15, 0.2) is 66.9 Å². The van der Waals surface area contributed by atoms with Crippen molar-refractivity contribution >= 4 is 23.4 Å². The van der Waals surface area contributed by atoms with E-state index in [0.717, 1.165) is 40.0 Å². The number of nitrogens with zero attached hydrogens (tertiary/aromatic N) is 3. The third-order valence-corrected chi connectivity index (χ3v) is 7.27. The SMILES string of the molecule is O=C(CN1CCN(C2c3ccc(Cl)cc3CCc3ccc[n+](O)c32)C[C@@H]1C(=O)O)c1ccccc1. The first-order valence-electron chi connectivity index (χ1n) is 11.7. The molecule has 0 radical (unpaired) electrons. The van der Waals surface area contributed by atoms with Crippen molar-refractivity contribution in [2.24, 2.45) is 0 Å². The first-order chi connectivity index (χ1) is 16.9. The van der Waals surface area contributed by atoms with Gasteiger partial charge in [0.15, 0.2) is 5.78 Å². The molecule has 2 aliphatic rings. The second-order valence-corrected chi connectivity index (χ2v) is 9.55. The predicted octanol–water partition coefficient (Wildman–Crippen LogP) is 3.01. The van der Waals surface area contributed by atoms with Gasteiger partial charge in [-0.05, 0) is 42.2 Å². The first kappa shape index (κ1) is 23.5. The monoisotopic (exact) mass is 492 g/mol. The van der Waals surface area contributed by atoms with E-state index in [4.69, 9.17) is 11.6 Å². The Morgan fingerprint density at radius 3 is 2.54 bits per heavy atom. The second kappa shape index (κ2) is 9.77. The molecule has 3 aromatic rings. The summed E-state index contributed by atoms with van der Waals surface area (Å²) in [4.78, 5) is 29.0. The van der Waals surface area contributed by atoms with E-state index in [0.29, 0.717) is 23.7 Å². The molecule has 1 fully saturated rings. The number of aromatic nitrogens is 1. The van der Waals surface area contributed by atoms with Crippen LogP contribution in [0, 0.1) is 0 Å². The predicted molar refractivity (Wildman–Crippen MR) is 130 cm³/mol. The number of rotatable bonds is 5. The van der Waals surface area contributed by atoms with Crippen molar-refractivity contribution in [1.29, 1.82) is 0 Å². The van der Waals surface area contributed by atoms with Crippen molar-refractivity contribution in [3.05, 3.63) is 99.8 Å². The number of ketones is 1. The van der Waals surface area contributed by atoms with Gasteiger partial charge in [-0.3, -0.25) is 24.6 Å². The van der Waals surface area contributed by atoms with E-state index in [-0.39, 0.29) is 24.9 Å². The molecule has 2 heterocycles. The maximum Gasteiger partial charge on any atom is 0.322 e. The number of halogens is 1. The Morgan fingerprint density at radius 2 is 1.77 bits per heavy atom. The highest BCUT2D eigenvalue weighted by molar-refractivity contribution is 6.30. The summed E-state index contributed by atoms with van der Waals surface area (Å²) in [6.45, 7) is 1.23. The number of carbonyl (C=O) groups is 2. The smallest absolute Gasteiger partial charge is 0.322 e. The lowest BCUT2D eigenvalue weighted by Crippen LogP contribution is -2.59. The van der Waals surface area contributed by atoms with Crippen LogP contribution in [0.4, 0.5) is 0 Å². The lowest BCUT2D eigenvalue weighted by molar-refractivity contribution is -0.911. The molecule has 0 bridgehead atoms. The van der Waals surface area contributed by atoms with Crippen molar-refractivity contribution in [1.82, 2.24) is 9.80 Å². The highest BCUT2D eigenvalue weighted by Crippen LogP contribution is 2.37. The molecular formula is C27H27ClN3O4+. The number of aryl methyl sites for hydroxylation is 2. The van der Waals surface area contributed by atoms with Crippen LogP contribution in [0.1, 0.15) is 38.8 Å². The van der Waals surface area contributed by atoms with Gasteiger partial charge in [0.2, 0.25) is 6.20 Å². The van der Waals surface area contributed by atoms with Crippen LogP contribution in [-0.4, -0.2) is 64.1 Å². The molecule has 8 heteroatoms. The Labute approximate surface area is 208 Å². The number of carboxylic acids is 1. The molecule has 1 saturated heterocycles. The number of fused-ring (bicyclic) bond motifs is 2. The number of hydrogen-bond donors (Lipinski definition) is 2. The Bertz CT molecular complexity index is 1270. The summed E-state index contributed by atoms with van der Waals surface area (Å²) in [7, 11) is 0. The van der Waals surface area contributed by atoms with Crippen molar-refractivity contribution in [3.8, 4) is 0 Å². The maximum absolute atomic E-state index is 12.8. The third kappa shape index (κ3) is 4.67. The van der Waals surface area contributed by atoms with Gasteiger partial charge in [0.1, 0.15) is 12.1 Å². The summed E-state index contributed by atoms with van der Waals surface area (Å²) in [6.07, 6.45) is 3.13. The third-order valence-electron chi connectivity index (χ3n) is 7.04. The van der Waals surface area contributed by atoms with E-state index >= 15 is 0 Å². The minimum atomic E-state index is -0.967. The van der Waals surface area contributed by atoms with E-state index in [1.807, 2.05) is 36.4 Å². The average Bonchev–Trinajstić information content (AvgIpc) is 3.02. The van der Waals surface area contributed by atoms with Gasteiger partial charge < -0.3 is 5.11 Å². The molecule has 180 valence electrons. The Kier molecular flexibility index (Phi) is 6.56. The fourth-order valence-electron chi connectivity index (χ4n) is 5.31. The molecule has 0 saturated carbocycles. The van der Waals surface area contributed by atoms with Crippen LogP contribution in [0.25, 0.3) is 0 Å². The molecule has 2 aromatic carbocycles. The number of carboxylic acid groups (broad SMARTS) is 1. The van der Waals surface area contributed by atoms with Crippen molar-refractivity contribution < 1.29 is 24.6 Å². The lowest BCUT2D eigenvalue weighted by atomic mass is 9.95. The number of piperazine rings is 1. The van der Waals surface area contributed by atoms with Crippen LogP contribution in [0.2, 0.25) is 5.02 Å². The summed E-state index contributed by atoms with van der Waals surface area (Å²) >= 11 is 6.30. The largest absolute Gasteiger partial charge is 0.480 e. The van der Waals surface area contributed by atoms with Crippen molar-refractivity contribution in [3.63, 3.8) is 0 Å². The Hall–Kier alpha value is -3.26. The van der Waals surface area contributed by atoms with Crippen LogP contribution in [0.3, 0.4) is 0 Å². The molecule has 1 aliphatic heterocycles. The first-order valence-corrected chi connectivity index (χ1v) is 12.1. The van der Waals surface area contributed by atoms with Gasteiger partial charge in [-0.15, -0.1) is 0 Å². The van der Waals surface area contributed by atoms with E-state index < -0.39 is 12.0 Å². The lowest BCUT2D eigenvalue weighted by Gasteiger charge is -2.41. The number of hydrogen-bond acceptors (Lipinski definition) is 5. The van der Waals surface area contributed by atoms with Gasteiger partial charge in [0.25, 0.3) is 5.69 Å². The number of carbonyl (C=O) groups excluding carboxylic acids is 1. The molecular weight excluding hydrogens is 466 g/mol. The van der Waals surface area contributed by atoms with Crippen LogP contribution in [0.5, 0.6) is 0 Å². The van der Waals surface area contributed by atoms with Crippen LogP contribution < -0.4 is 4.73 Å². The molecule has 7 nitrogen and oxygen atoms in total. The van der Waals surface area contributed by atoms with Gasteiger partial charge in [-0.1, -0.05) is 48.0 Å². The minimum Gasteiger partial charge on any atom is -0.480 e. The average molecular weight is 493 g/mol. The fraction of sp³-hybridized carbons (Fsp3) is 0.296. The molecule has 2 atom stereocenters. The van der Waals surface area contributed by atoms with Crippen LogP contribution in [-0.2, 0) is 17.6 Å². The van der Waals surface area contributed by atoms with E-state index in [1.54, 1.807) is 35.4 Å². The molecule has 0 amide bonds. The van der Waals surface area contributed by atoms with Crippen LogP contribution >= 0.6 is 11.6 Å². The minimum absolute atomic E-state index is 0.0439. The topological polar surface area (TPSA) is 85.0 Å². The second-order valence-electron chi connectivity index (χ2n) is 9.12. The van der Waals surface area contributed by atoms with E-state index in [2.05, 4.69) is 4.90 Å². The van der Waals surface area contributed by atoms with Gasteiger partial charge in [0.05, 0.1) is 6.54 Å². The highest BCUT2D eigenvalue weighted by Gasteiger charge is 2.42. The summed E-state index contributed by atoms with van der Waals surface area (Å²) in [5.41, 5.74) is 4.43. The zero-order valence-electron chi connectivity index (χ0n) is 19.2. The normalized spacial score (nSPS) is 20.5. The van der Waals surface area contributed by atoms with E-state index in [9.17, 15) is 19.9 Å². The highest BCUT2D eigenvalue weighted by atomic mass is 35.5. The molecule has 1 unspecified atom stereocenters. The van der Waals surface area contributed by atoms with Gasteiger partial charge in [-0.25, -0.2) is 0 Å². The molecule has 0 spiro atoms. The molecule has 1 aliphatic carbocycles. The van der Waals surface area contributed by atoms with Gasteiger partial charge in [-0.2, -0.15) is 0 Å². The number of pyridine rings is 1. The number of Topliss-reactive ketones (excluding diaryl/α,β-unsaturated/α-hetero) is 1. The summed E-state index contributed by atoms with van der Waals surface area (Å²) in [6, 6.07) is 17.4. The number of aliphatic carboxylic acids is 1. The van der Waals surface area contributed by atoms with Gasteiger partial charge >= 0.3 is 5.97 Å². The van der Waals surface area contributed by atoms with E-state index in [1.165, 1.54) is 0 Å². The van der Waals surface area contributed by atoms with Gasteiger partial charge in [0, 0.05) is 46.6 Å². The Morgan fingerprint density at radius 1 is 1.00 bits per heavy atom.